The lowest BCUT2D eigenvalue weighted by molar-refractivity contribution is -0.137. The van der Waals surface area contributed by atoms with Crippen LogP contribution in [-0.2, 0) is 17.3 Å². The summed E-state index contributed by atoms with van der Waals surface area (Å²) in [5.74, 6) is 3.01. The lowest BCUT2D eigenvalue weighted by atomic mass is 9.49. The number of halogens is 3. The summed E-state index contributed by atoms with van der Waals surface area (Å²) < 4.78 is 41.6. The van der Waals surface area contributed by atoms with Gasteiger partial charge in [0.1, 0.15) is 5.82 Å². The number of nitrogens with one attached hydrogen (secondary N) is 2. The number of rotatable bonds is 5. The van der Waals surface area contributed by atoms with Gasteiger partial charge in [-0.2, -0.15) is 13.2 Å². The molecule has 0 spiro atoms. The van der Waals surface area contributed by atoms with Gasteiger partial charge < -0.3 is 4.98 Å². The molecule has 0 radical (unpaired) electrons. The molecule has 0 saturated heterocycles. The molecule has 4 bridgehead atoms. The van der Waals surface area contributed by atoms with Crippen LogP contribution in [0.25, 0.3) is 5.69 Å². The van der Waals surface area contributed by atoms with Gasteiger partial charge >= 0.3 is 11.9 Å². The van der Waals surface area contributed by atoms with Gasteiger partial charge in [0, 0.05) is 17.2 Å². The maximum absolute atomic E-state index is 13.6. The van der Waals surface area contributed by atoms with Crippen molar-refractivity contribution in [2.24, 2.45) is 17.8 Å². The summed E-state index contributed by atoms with van der Waals surface area (Å²) in [6, 6.07) is 6.29. The normalized spacial score (nSPS) is 27.5. The number of nitrogens with zero attached hydrogens (tertiary/aromatic N) is 3. The van der Waals surface area contributed by atoms with Crippen molar-refractivity contribution in [2.75, 3.05) is 0 Å². The van der Waals surface area contributed by atoms with Gasteiger partial charge in [0.25, 0.3) is 5.56 Å². The predicted molar refractivity (Wildman–Crippen MR) is 123 cm³/mol. The molecule has 184 valence electrons. The molecule has 7 rings (SSSR count). The second-order valence-electron chi connectivity index (χ2n) is 10.2. The second kappa shape index (κ2) is 8.11. The average molecular weight is 504 g/mol. The molecule has 3 aromatic rings. The van der Waals surface area contributed by atoms with Crippen LogP contribution < -0.4 is 11.2 Å². The fourth-order valence-electron chi connectivity index (χ4n) is 6.87. The largest absolute Gasteiger partial charge is 0.418 e. The van der Waals surface area contributed by atoms with Crippen LogP contribution in [-0.4, -0.2) is 24.7 Å². The standard InChI is InChI=1S/C24H24F3N5O2S/c25-24(26,27)17-3-1-2-4-18(17)32-21(34)30-31-22(32)35-12-16-8-19(33)29-20(28-16)23-9-13-5-14(10-23)7-15(6-13)11-23/h1-4,8,13-15H,5-7,9-12H2,(H,30,34)(H,28,29,33). The quantitative estimate of drug-likeness (QED) is 0.503. The monoisotopic (exact) mass is 503 g/mol. The third kappa shape index (κ3) is 4.03. The van der Waals surface area contributed by atoms with Crippen molar-refractivity contribution >= 4 is 11.8 Å². The molecule has 7 nitrogen and oxygen atoms in total. The topological polar surface area (TPSA) is 96.4 Å². The number of hydrogen-bond acceptors (Lipinski definition) is 5. The van der Waals surface area contributed by atoms with Crippen LogP contribution >= 0.6 is 11.8 Å². The number of hydrogen-bond donors (Lipinski definition) is 2. The molecule has 2 aromatic heterocycles. The van der Waals surface area contributed by atoms with Gasteiger partial charge in [-0.25, -0.2) is 19.4 Å². The molecule has 4 aliphatic carbocycles. The van der Waals surface area contributed by atoms with E-state index in [1.54, 1.807) is 0 Å². The molecule has 0 aliphatic heterocycles. The number of alkyl halides is 3. The van der Waals surface area contributed by atoms with E-state index in [9.17, 15) is 22.8 Å². The van der Waals surface area contributed by atoms with E-state index < -0.39 is 17.4 Å². The molecular formula is C24H24F3N5O2S. The van der Waals surface area contributed by atoms with Crippen LogP contribution in [0.15, 0.2) is 45.1 Å². The fraction of sp³-hybridized carbons (Fsp3) is 0.500. The summed E-state index contributed by atoms with van der Waals surface area (Å²) in [6.07, 6.45) is 2.33. The van der Waals surface area contributed by atoms with Crippen molar-refractivity contribution in [3.63, 3.8) is 0 Å². The van der Waals surface area contributed by atoms with Crippen molar-refractivity contribution in [2.45, 2.75) is 61.0 Å². The average Bonchev–Trinajstić information content (AvgIpc) is 3.16. The van der Waals surface area contributed by atoms with Gasteiger partial charge in [-0.05, 0) is 68.4 Å². The molecule has 4 fully saturated rings. The number of aromatic nitrogens is 5. The highest BCUT2D eigenvalue weighted by molar-refractivity contribution is 7.98. The zero-order valence-electron chi connectivity index (χ0n) is 18.8. The van der Waals surface area contributed by atoms with Crippen molar-refractivity contribution in [1.82, 2.24) is 24.7 Å². The Hall–Kier alpha value is -2.82. The van der Waals surface area contributed by atoms with E-state index in [4.69, 9.17) is 4.98 Å². The van der Waals surface area contributed by atoms with Gasteiger partial charge in [0.2, 0.25) is 0 Å². The van der Waals surface area contributed by atoms with Crippen molar-refractivity contribution in [3.8, 4) is 5.69 Å². The third-order valence-corrected chi connectivity index (χ3v) is 8.75. The molecule has 0 atom stereocenters. The minimum atomic E-state index is -4.63. The molecular weight excluding hydrogens is 479 g/mol. The first kappa shape index (κ1) is 22.6. The van der Waals surface area contributed by atoms with Gasteiger partial charge in [0.15, 0.2) is 5.16 Å². The Bertz CT molecular complexity index is 1360. The zero-order valence-corrected chi connectivity index (χ0v) is 19.6. The zero-order chi connectivity index (χ0) is 24.4. The highest BCUT2D eigenvalue weighted by Crippen LogP contribution is 2.60. The molecule has 35 heavy (non-hydrogen) atoms. The first-order valence-corrected chi connectivity index (χ1v) is 12.8. The predicted octanol–water partition coefficient (Wildman–Crippen LogP) is 4.42. The summed E-state index contributed by atoms with van der Waals surface area (Å²) >= 11 is 1.07. The number of thioether (sulfide) groups is 1. The Morgan fingerprint density at radius 3 is 2.37 bits per heavy atom. The number of aromatic amines is 2. The smallest absolute Gasteiger partial charge is 0.310 e. The summed E-state index contributed by atoms with van der Waals surface area (Å²) in [6.45, 7) is 0. The van der Waals surface area contributed by atoms with E-state index in [-0.39, 0.29) is 27.6 Å². The lowest BCUT2D eigenvalue weighted by Gasteiger charge is -2.56. The molecule has 2 heterocycles. The summed E-state index contributed by atoms with van der Waals surface area (Å²) in [5, 5.41) is 6.25. The Labute approximate surface area is 202 Å². The Balaban J connectivity index is 1.30. The molecule has 0 unspecified atom stereocenters. The SMILES string of the molecule is O=c1cc(CSc2n[nH]c(=O)n2-c2ccccc2C(F)(F)F)nc(C23CC4CC(CC(C4)C2)C3)[nH]1. The molecule has 4 saturated carbocycles. The first-order chi connectivity index (χ1) is 16.7. The second-order valence-corrected chi connectivity index (χ2v) is 11.2. The molecule has 4 aliphatic rings. The van der Waals surface area contributed by atoms with Gasteiger partial charge in [-0.15, -0.1) is 5.10 Å². The van der Waals surface area contributed by atoms with Crippen molar-refractivity contribution in [1.29, 1.82) is 0 Å². The van der Waals surface area contributed by atoms with Crippen molar-refractivity contribution in [3.05, 3.63) is 68.3 Å². The van der Waals surface area contributed by atoms with E-state index in [1.165, 1.54) is 43.5 Å². The van der Waals surface area contributed by atoms with Gasteiger partial charge in [-0.3, -0.25) is 4.79 Å². The van der Waals surface area contributed by atoms with Crippen molar-refractivity contribution < 1.29 is 13.2 Å². The summed E-state index contributed by atoms with van der Waals surface area (Å²) in [7, 11) is 0. The Kier molecular flexibility index (Phi) is 5.24. The van der Waals surface area contributed by atoms with Crippen LogP contribution in [0.5, 0.6) is 0 Å². The maximum Gasteiger partial charge on any atom is 0.418 e. The van der Waals surface area contributed by atoms with Gasteiger partial charge in [-0.1, -0.05) is 23.9 Å². The summed E-state index contributed by atoms with van der Waals surface area (Å²) in [4.78, 5) is 32.8. The highest BCUT2D eigenvalue weighted by atomic mass is 32.2. The highest BCUT2D eigenvalue weighted by Gasteiger charge is 2.53. The lowest BCUT2D eigenvalue weighted by Crippen LogP contribution is -2.49. The van der Waals surface area contributed by atoms with Crippen LogP contribution in [0, 0.1) is 17.8 Å². The molecule has 2 N–H and O–H groups in total. The fourth-order valence-corrected chi connectivity index (χ4v) is 7.72. The first-order valence-electron chi connectivity index (χ1n) is 11.8. The minimum Gasteiger partial charge on any atom is -0.310 e. The Morgan fingerprint density at radius 1 is 1.06 bits per heavy atom. The van der Waals surface area contributed by atoms with E-state index in [0.29, 0.717) is 23.4 Å². The molecule has 11 heteroatoms. The van der Waals surface area contributed by atoms with Crippen LogP contribution in [0.2, 0.25) is 0 Å². The summed E-state index contributed by atoms with van der Waals surface area (Å²) in [5.41, 5.74) is -1.79. The van der Waals surface area contributed by atoms with Crippen LogP contribution in [0.3, 0.4) is 0 Å². The number of benzene rings is 1. The van der Waals surface area contributed by atoms with Crippen LogP contribution in [0.1, 0.15) is 55.6 Å². The van der Waals surface area contributed by atoms with E-state index in [1.807, 2.05) is 0 Å². The van der Waals surface area contributed by atoms with Gasteiger partial charge in [0.05, 0.1) is 16.9 Å². The maximum atomic E-state index is 13.6. The molecule has 1 aromatic carbocycles. The minimum absolute atomic E-state index is 0.0742. The van der Waals surface area contributed by atoms with E-state index in [2.05, 4.69) is 15.2 Å². The van der Waals surface area contributed by atoms with Crippen LogP contribution in [0.4, 0.5) is 13.2 Å². The number of H-pyrrole nitrogens is 2. The molecule has 0 amide bonds. The third-order valence-electron chi connectivity index (χ3n) is 7.78. The van der Waals surface area contributed by atoms with E-state index in [0.717, 1.165) is 47.5 Å². The number of para-hydroxylation sites is 1. The Morgan fingerprint density at radius 2 is 1.71 bits per heavy atom. The van der Waals surface area contributed by atoms with E-state index >= 15 is 0 Å².